The van der Waals surface area contributed by atoms with Gasteiger partial charge in [-0.25, -0.2) is 0 Å². The van der Waals surface area contributed by atoms with Crippen LogP contribution in [0.4, 0.5) is 5.69 Å². The van der Waals surface area contributed by atoms with E-state index in [0.29, 0.717) is 13.1 Å². The number of hydrogen-bond acceptors (Lipinski definition) is 4. The number of aliphatic hydroxyl groups excluding tert-OH is 1. The number of carbonyl (C=O) groups excluding carboxylic acids is 1. The summed E-state index contributed by atoms with van der Waals surface area (Å²) >= 11 is 0. The lowest BCUT2D eigenvalue weighted by Gasteiger charge is -2.38. The Balaban J connectivity index is 2.13. The summed E-state index contributed by atoms with van der Waals surface area (Å²) in [7, 11) is 0. The van der Waals surface area contributed by atoms with Gasteiger partial charge >= 0.3 is 0 Å². The molecule has 1 aromatic carbocycles. The van der Waals surface area contributed by atoms with Crippen LogP contribution in [0, 0.1) is 5.92 Å². The number of amides is 1. The van der Waals surface area contributed by atoms with Crippen LogP contribution in [-0.2, 0) is 0 Å². The predicted molar refractivity (Wildman–Crippen MR) is 59.0 cm³/mol. The Morgan fingerprint density at radius 3 is 2.81 bits per heavy atom. The summed E-state index contributed by atoms with van der Waals surface area (Å²) in [6.07, 6.45) is 0. The number of likely N-dealkylation sites (tertiary alicyclic amines) is 1. The number of para-hydroxylation sites is 1. The molecule has 0 radical (unpaired) electrons. The molecule has 0 saturated carbocycles. The van der Waals surface area contributed by atoms with Crippen molar-refractivity contribution < 1.29 is 15.0 Å². The maximum absolute atomic E-state index is 11.9. The average molecular weight is 222 g/mol. The van der Waals surface area contributed by atoms with E-state index in [2.05, 4.69) is 0 Å². The number of anilines is 1. The van der Waals surface area contributed by atoms with Crippen molar-refractivity contribution in [3.8, 4) is 5.75 Å². The monoisotopic (exact) mass is 222 g/mol. The lowest BCUT2D eigenvalue weighted by atomic mass is 9.99. The predicted octanol–water partition coefficient (Wildman–Crippen LogP) is 0.0387. The van der Waals surface area contributed by atoms with Crippen molar-refractivity contribution in [1.29, 1.82) is 0 Å². The Morgan fingerprint density at radius 1 is 1.50 bits per heavy atom. The molecule has 1 aliphatic heterocycles. The molecule has 0 unspecified atom stereocenters. The van der Waals surface area contributed by atoms with Gasteiger partial charge in [-0.2, -0.15) is 0 Å². The van der Waals surface area contributed by atoms with Crippen LogP contribution in [0.3, 0.4) is 0 Å². The SMILES string of the molecule is Nc1cccc(C(=O)N2CC(CO)C2)c1O. The summed E-state index contributed by atoms with van der Waals surface area (Å²) in [6.45, 7) is 1.15. The third kappa shape index (κ3) is 1.69. The van der Waals surface area contributed by atoms with Gasteiger partial charge in [-0.3, -0.25) is 4.79 Å². The summed E-state index contributed by atoms with van der Waals surface area (Å²) in [6, 6.07) is 4.71. The quantitative estimate of drug-likeness (QED) is 0.487. The van der Waals surface area contributed by atoms with Crippen molar-refractivity contribution >= 4 is 11.6 Å². The number of hydrogen-bond donors (Lipinski definition) is 3. The second kappa shape index (κ2) is 4.02. The van der Waals surface area contributed by atoms with Crippen LogP contribution in [-0.4, -0.2) is 40.7 Å². The number of nitrogens with two attached hydrogens (primary N) is 1. The highest BCUT2D eigenvalue weighted by Gasteiger charge is 2.31. The van der Waals surface area contributed by atoms with Crippen LogP contribution in [0.5, 0.6) is 5.75 Å². The maximum atomic E-state index is 11.9. The molecule has 0 aliphatic carbocycles. The molecule has 4 N–H and O–H groups in total. The van der Waals surface area contributed by atoms with Gasteiger partial charge in [0.2, 0.25) is 0 Å². The largest absolute Gasteiger partial charge is 0.505 e. The first-order valence-electron chi connectivity index (χ1n) is 5.11. The number of carbonyl (C=O) groups is 1. The van der Waals surface area contributed by atoms with Crippen LogP contribution in [0.1, 0.15) is 10.4 Å². The second-order valence-electron chi connectivity index (χ2n) is 4.00. The minimum absolute atomic E-state index is 0.0900. The zero-order valence-electron chi connectivity index (χ0n) is 8.76. The van der Waals surface area contributed by atoms with Crippen LogP contribution in [0.25, 0.3) is 0 Å². The van der Waals surface area contributed by atoms with E-state index in [0.717, 1.165) is 0 Å². The van der Waals surface area contributed by atoms with Gasteiger partial charge in [-0.1, -0.05) is 6.07 Å². The van der Waals surface area contributed by atoms with E-state index in [9.17, 15) is 9.90 Å². The van der Waals surface area contributed by atoms with Crippen molar-refractivity contribution in [2.75, 3.05) is 25.4 Å². The van der Waals surface area contributed by atoms with Gasteiger partial charge in [0.25, 0.3) is 5.91 Å². The van der Waals surface area contributed by atoms with Crippen LogP contribution in [0.15, 0.2) is 18.2 Å². The van der Waals surface area contributed by atoms with E-state index in [1.807, 2.05) is 0 Å². The van der Waals surface area contributed by atoms with Gasteiger partial charge < -0.3 is 20.8 Å². The number of nitrogen functional groups attached to an aromatic ring is 1. The molecule has 0 atom stereocenters. The Kier molecular flexibility index (Phi) is 2.70. The van der Waals surface area contributed by atoms with Gasteiger partial charge in [0.15, 0.2) is 5.75 Å². The Morgan fingerprint density at radius 2 is 2.19 bits per heavy atom. The number of rotatable bonds is 2. The highest BCUT2D eigenvalue weighted by Crippen LogP contribution is 2.27. The third-order valence-corrected chi connectivity index (χ3v) is 2.80. The smallest absolute Gasteiger partial charge is 0.257 e. The Labute approximate surface area is 93.1 Å². The highest BCUT2D eigenvalue weighted by molar-refractivity contribution is 5.98. The van der Waals surface area contributed by atoms with E-state index < -0.39 is 0 Å². The molecule has 16 heavy (non-hydrogen) atoms. The molecule has 0 bridgehead atoms. The van der Waals surface area contributed by atoms with Crippen LogP contribution in [0.2, 0.25) is 0 Å². The first kappa shape index (κ1) is 10.8. The summed E-state index contributed by atoms with van der Waals surface area (Å²) in [5, 5.41) is 18.5. The van der Waals surface area contributed by atoms with Gasteiger partial charge in [0.05, 0.1) is 11.3 Å². The second-order valence-corrected chi connectivity index (χ2v) is 4.00. The molecule has 1 heterocycles. The number of nitrogens with zero attached hydrogens (tertiary/aromatic N) is 1. The topological polar surface area (TPSA) is 86.8 Å². The molecule has 1 saturated heterocycles. The van der Waals surface area contributed by atoms with E-state index in [-0.39, 0.29) is 35.4 Å². The summed E-state index contributed by atoms with van der Waals surface area (Å²) in [4.78, 5) is 13.5. The van der Waals surface area contributed by atoms with Crippen molar-refractivity contribution in [3.05, 3.63) is 23.8 Å². The molecule has 1 fully saturated rings. The minimum Gasteiger partial charge on any atom is -0.505 e. The molecular formula is C11H14N2O3. The zero-order chi connectivity index (χ0) is 11.7. The fourth-order valence-corrected chi connectivity index (χ4v) is 1.76. The van der Waals surface area contributed by atoms with E-state index in [1.54, 1.807) is 23.1 Å². The summed E-state index contributed by atoms with van der Waals surface area (Å²) < 4.78 is 0. The van der Waals surface area contributed by atoms with E-state index in [4.69, 9.17) is 10.8 Å². The first-order chi connectivity index (χ1) is 7.63. The van der Waals surface area contributed by atoms with Crippen molar-refractivity contribution in [3.63, 3.8) is 0 Å². The van der Waals surface area contributed by atoms with Crippen molar-refractivity contribution in [1.82, 2.24) is 4.90 Å². The molecule has 1 aromatic rings. The molecule has 2 rings (SSSR count). The van der Waals surface area contributed by atoms with Crippen LogP contribution < -0.4 is 5.73 Å². The highest BCUT2D eigenvalue weighted by atomic mass is 16.3. The number of aliphatic hydroxyl groups is 1. The molecule has 0 spiro atoms. The molecule has 86 valence electrons. The van der Waals surface area contributed by atoms with Crippen molar-refractivity contribution in [2.45, 2.75) is 0 Å². The average Bonchev–Trinajstić information content (AvgIpc) is 2.20. The number of phenols is 1. The lowest BCUT2D eigenvalue weighted by molar-refractivity contribution is 0.0359. The fraction of sp³-hybridized carbons (Fsp3) is 0.364. The third-order valence-electron chi connectivity index (χ3n) is 2.80. The molecular weight excluding hydrogens is 208 g/mol. The number of phenolic OH excluding ortho intramolecular Hbond substituents is 1. The van der Waals surface area contributed by atoms with E-state index in [1.165, 1.54) is 0 Å². The summed E-state index contributed by atoms with van der Waals surface area (Å²) in [5.41, 5.74) is 5.93. The van der Waals surface area contributed by atoms with Crippen LogP contribution >= 0.6 is 0 Å². The molecule has 0 aromatic heterocycles. The Bertz CT molecular complexity index is 414. The molecule has 1 aliphatic rings. The molecule has 5 heteroatoms. The fourth-order valence-electron chi connectivity index (χ4n) is 1.76. The molecule has 5 nitrogen and oxygen atoms in total. The molecule has 1 amide bonds. The number of aromatic hydroxyl groups is 1. The minimum atomic E-state index is -0.241. The summed E-state index contributed by atoms with van der Waals surface area (Å²) in [5.74, 6) is -0.249. The lowest BCUT2D eigenvalue weighted by Crippen LogP contribution is -2.51. The number of benzene rings is 1. The maximum Gasteiger partial charge on any atom is 0.257 e. The standard InChI is InChI=1S/C11H14N2O3/c12-9-3-1-2-8(10(9)15)11(16)13-4-7(5-13)6-14/h1-3,7,14-15H,4-6,12H2. The van der Waals surface area contributed by atoms with Gasteiger partial charge in [-0.15, -0.1) is 0 Å². The van der Waals surface area contributed by atoms with Crippen molar-refractivity contribution in [2.24, 2.45) is 5.92 Å². The van der Waals surface area contributed by atoms with Gasteiger partial charge in [0.1, 0.15) is 0 Å². The van der Waals surface area contributed by atoms with Gasteiger partial charge in [0, 0.05) is 25.6 Å². The Hall–Kier alpha value is -1.75. The normalized spacial score (nSPS) is 15.9. The zero-order valence-corrected chi connectivity index (χ0v) is 8.76. The van der Waals surface area contributed by atoms with E-state index >= 15 is 0 Å². The first-order valence-corrected chi connectivity index (χ1v) is 5.11. The van der Waals surface area contributed by atoms with Gasteiger partial charge in [-0.05, 0) is 12.1 Å².